The van der Waals surface area contributed by atoms with Crippen molar-refractivity contribution in [1.29, 1.82) is 0 Å². The van der Waals surface area contributed by atoms with E-state index in [4.69, 9.17) is 0 Å². The Hall–Kier alpha value is -1.39. The Morgan fingerprint density at radius 1 is 1.50 bits per heavy atom. The number of hydrogen-bond acceptors (Lipinski definition) is 3. The van der Waals surface area contributed by atoms with Crippen LogP contribution < -0.4 is 10.6 Å². The number of hydrogen-bond donors (Lipinski definition) is 3. The van der Waals surface area contributed by atoms with Crippen LogP contribution in [0.3, 0.4) is 0 Å². The predicted octanol–water partition coefficient (Wildman–Crippen LogP) is 1.68. The van der Waals surface area contributed by atoms with Gasteiger partial charge in [-0.05, 0) is 32.9 Å². The van der Waals surface area contributed by atoms with E-state index >= 15 is 0 Å². The minimum Gasteiger partial charge on any atom is -0.389 e. The summed E-state index contributed by atoms with van der Waals surface area (Å²) < 4.78 is 0. The average molecular weight is 248 g/mol. The maximum absolute atomic E-state index is 12.2. The number of carbonyl (C=O) groups excluding carboxylic acids is 1. The molecule has 1 aromatic rings. The molecule has 1 fully saturated rings. The normalized spacial score (nSPS) is 24.8. The van der Waals surface area contributed by atoms with E-state index in [-0.39, 0.29) is 17.9 Å². The molecular formula is C14H20N2O2. The van der Waals surface area contributed by atoms with Gasteiger partial charge in [-0.3, -0.25) is 4.79 Å². The molecule has 0 aliphatic carbocycles. The van der Waals surface area contributed by atoms with Crippen molar-refractivity contribution in [3.05, 3.63) is 29.8 Å². The van der Waals surface area contributed by atoms with Crippen LogP contribution in [0.1, 0.15) is 31.9 Å². The average Bonchev–Trinajstić information content (AvgIpc) is 2.76. The van der Waals surface area contributed by atoms with Gasteiger partial charge in [-0.2, -0.15) is 0 Å². The molecule has 4 nitrogen and oxygen atoms in total. The zero-order chi connectivity index (χ0) is 13.1. The van der Waals surface area contributed by atoms with Crippen molar-refractivity contribution < 1.29 is 9.90 Å². The van der Waals surface area contributed by atoms with Crippen LogP contribution in [-0.4, -0.2) is 23.6 Å². The summed E-state index contributed by atoms with van der Waals surface area (Å²) in [7, 11) is 0. The molecule has 2 rings (SSSR count). The van der Waals surface area contributed by atoms with Crippen molar-refractivity contribution in [1.82, 2.24) is 5.32 Å². The van der Waals surface area contributed by atoms with Crippen molar-refractivity contribution in [3.8, 4) is 0 Å². The molecule has 0 saturated carbocycles. The van der Waals surface area contributed by atoms with E-state index in [0.29, 0.717) is 5.69 Å². The lowest BCUT2D eigenvalue weighted by molar-refractivity contribution is -0.120. The van der Waals surface area contributed by atoms with E-state index in [1.165, 1.54) is 0 Å². The highest BCUT2D eigenvalue weighted by Crippen LogP contribution is 2.24. The lowest BCUT2D eigenvalue weighted by Crippen LogP contribution is -2.32. The number of benzene rings is 1. The molecule has 4 heteroatoms. The van der Waals surface area contributed by atoms with Crippen LogP contribution >= 0.6 is 0 Å². The first-order chi connectivity index (χ1) is 8.59. The van der Waals surface area contributed by atoms with Gasteiger partial charge in [-0.1, -0.05) is 18.2 Å². The molecule has 0 aromatic heterocycles. The van der Waals surface area contributed by atoms with Gasteiger partial charge in [0.1, 0.15) is 0 Å². The second-order valence-electron chi connectivity index (χ2n) is 4.89. The van der Waals surface area contributed by atoms with Crippen LogP contribution in [-0.2, 0) is 4.79 Å². The third kappa shape index (κ3) is 2.71. The molecule has 0 radical (unpaired) electrons. The van der Waals surface area contributed by atoms with Crippen molar-refractivity contribution >= 4 is 11.6 Å². The smallest absolute Gasteiger partial charge is 0.229 e. The van der Waals surface area contributed by atoms with Crippen LogP contribution in [0.15, 0.2) is 24.3 Å². The molecule has 0 bridgehead atoms. The molecule has 1 heterocycles. The fourth-order valence-electron chi connectivity index (χ4n) is 2.42. The molecule has 98 valence electrons. The summed E-state index contributed by atoms with van der Waals surface area (Å²) in [5.74, 6) is 0.0349. The van der Waals surface area contributed by atoms with Crippen LogP contribution in [0.5, 0.6) is 0 Å². The Morgan fingerprint density at radius 2 is 2.22 bits per heavy atom. The summed E-state index contributed by atoms with van der Waals surface area (Å²) in [6.45, 7) is 4.61. The lowest BCUT2D eigenvalue weighted by atomic mass is 10.0. The van der Waals surface area contributed by atoms with E-state index in [2.05, 4.69) is 10.6 Å². The largest absolute Gasteiger partial charge is 0.389 e. The highest BCUT2D eigenvalue weighted by molar-refractivity contribution is 5.94. The second kappa shape index (κ2) is 5.50. The Morgan fingerprint density at radius 3 is 2.83 bits per heavy atom. The van der Waals surface area contributed by atoms with Gasteiger partial charge >= 0.3 is 0 Å². The molecule has 1 aliphatic heterocycles. The summed E-state index contributed by atoms with van der Waals surface area (Å²) in [5.41, 5.74) is 1.46. The third-order valence-electron chi connectivity index (χ3n) is 3.53. The van der Waals surface area contributed by atoms with Crippen molar-refractivity contribution in [2.75, 3.05) is 11.9 Å². The van der Waals surface area contributed by atoms with Gasteiger partial charge in [0.2, 0.25) is 5.91 Å². The molecular weight excluding hydrogens is 228 g/mol. The Labute approximate surface area is 107 Å². The van der Waals surface area contributed by atoms with Crippen molar-refractivity contribution in [2.45, 2.75) is 32.4 Å². The predicted molar refractivity (Wildman–Crippen MR) is 71.3 cm³/mol. The number of nitrogens with one attached hydrogen (secondary N) is 2. The molecule has 0 spiro atoms. The quantitative estimate of drug-likeness (QED) is 0.762. The first-order valence-corrected chi connectivity index (χ1v) is 6.41. The van der Waals surface area contributed by atoms with Crippen LogP contribution in [0.4, 0.5) is 5.69 Å². The molecule has 1 aliphatic rings. The summed E-state index contributed by atoms with van der Waals surface area (Å²) >= 11 is 0. The number of aliphatic hydroxyl groups is 1. The molecule has 1 saturated heterocycles. The first kappa shape index (κ1) is 13.1. The molecule has 1 amide bonds. The van der Waals surface area contributed by atoms with Gasteiger partial charge in [-0.15, -0.1) is 0 Å². The highest BCUT2D eigenvalue weighted by Gasteiger charge is 2.29. The molecule has 3 atom stereocenters. The molecule has 3 unspecified atom stereocenters. The maximum atomic E-state index is 12.2. The topological polar surface area (TPSA) is 61.4 Å². The van der Waals surface area contributed by atoms with E-state index < -0.39 is 6.10 Å². The highest BCUT2D eigenvalue weighted by atomic mass is 16.3. The number of anilines is 1. The fraction of sp³-hybridized carbons (Fsp3) is 0.500. The molecule has 1 aromatic carbocycles. The molecule has 18 heavy (non-hydrogen) atoms. The second-order valence-corrected chi connectivity index (χ2v) is 4.89. The van der Waals surface area contributed by atoms with E-state index in [1.54, 1.807) is 6.92 Å². The van der Waals surface area contributed by atoms with Gasteiger partial charge in [0.25, 0.3) is 0 Å². The van der Waals surface area contributed by atoms with Gasteiger partial charge in [-0.25, -0.2) is 0 Å². The first-order valence-electron chi connectivity index (χ1n) is 6.41. The standard InChI is InChI=1S/C14H20N2O2/c1-9-11(7-8-15-9)14(18)16-13-6-4-3-5-12(13)10(2)17/h3-6,9-11,15,17H,7-8H2,1-2H3,(H,16,18). The van der Waals surface area contributed by atoms with Crippen molar-refractivity contribution in [3.63, 3.8) is 0 Å². The van der Waals surface area contributed by atoms with Gasteiger partial charge in [0.05, 0.1) is 12.0 Å². The zero-order valence-electron chi connectivity index (χ0n) is 10.8. The fourth-order valence-corrected chi connectivity index (χ4v) is 2.42. The minimum atomic E-state index is -0.583. The number of amides is 1. The summed E-state index contributed by atoms with van der Waals surface area (Å²) in [6, 6.07) is 7.59. The Bertz CT molecular complexity index is 432. The number of rotatable bonds is 3. The third-order valence-corrected chi connectivity index (χ3v) is 3.53. The maximum Gasteiger partial charge on any atom is 0.229 e. The van der Waals surface area contributed by atoms with E-state index in [1.807, 2.05) is 31.2 Å². The zero-order valence-corrected chi connectivity index (χ0v) is 10.8. The Kier molecular flexibility index (Phi) is 3.99. The van der Waals surface area contributed by atoms with Crippen LogP contribution in [0.2, 0.25) is 0 Å². The van der Waals surface area contributed by atoms with E-state index in [0.717, 1.165) is 18.5 Å². The SMILES string of the molecule is CC(O)c1ccccc1NC(=O)C1CCNC1C. The number of carbonyl (C=O) groups is 1. The van der Waals surface area contributed by atoms with Crippen molar-refractivity contribution in [2.24, 2.45) is 5.92 Å². The van der Waals surface area contributed by atoms with E-state index in [9.17, 15) is 9.90 Å². The summed E-state index contributed by atoms with van der Waals surface area (Å²) in [6.07, 6.45) is 0.282. The number of para-hydroxylation sites is 1. The monoisotopic (exact) mass is 248 g/mol. The van der Waals surface area contributed by atoms with Gasteiger partial charge < -0.3 is 15.7 Å². The minimum absolute atomic E-state index is 0.00653. The van der Waals surface area contributed by atoms with Crippen LogP contribution in [0.25, 0.3) is 0 Å². The number of aliphatic hydroxyl groups excluding tert-OH is 1. The Balaban J connectivity index is 2.11. The lowest BCUT2D eigenvalue weighted by Gasteiger charge is -2.17. The van der Waals surface area contributed by atoms with Gasteiger partial charge in [0, 0.05) is 17.3 Å². The summed E-state index contributed by atoms with van der Waals surface area (Å²) in [4.78, 5) is 12.2. The van der Waals surface area contributed by atoms with Crippen LogP contribution in [0, 0.1) is 5.92 Å². The molecule has 3 N–H and O–H groups in total. The van der Waals surface area contributed by atoms with Gasteiger partial charge in [0.15, 0.2) is 0 Å². The summed E-state index contributed by atoms with van der Waals surface area (Å²) in [5, 5.41) is 15.9.